The Hall–Kier alpha value is -3.52. The Balaban J connectivity index is 1.84. The molecular weight excluding hydrogens is 328 g/mol. The highest BCUT2D eigenvalue weighted by Gasteiger charge is 2.25. The van der Waals surface area contributed by atoms with E-state index in [0.717, 1.165) is 40.0 Å². The lowest BCUT2D eigenvalue weighted by molar-refractivity contribution is 1.27. The molecule has 0 fully saturated rings. The fourth-order valence-electron chi connectivity index (χ4n) is 4.17. The Labute approximate surface area is 159 Å². The first-order valence-electron chi connectivity index (χ1n) is 9.17. The number of anilines is 2. The summed E-state index contributed by atoms with van der Waals surface area (Å²) in [5.74, 6) is 0. The second-order valence-corrected chi connectivity index (χ2v) is 7.06. The van der Waals surface area contributed by atoms with E-state index in [0.29, 0.717) is 0 Å². The molecule has 130 valence electrons. The van der Waals surface area contributed by atoms with Gasteiger partial charge in [-0.25, -0.2) is 0 Å². The fourth-order valence-corrected chi connectivity index (χ4v) is 4.17. The molecule has 0 aromatic heterocycles. The molecule has 0 spiro atoms. The van der Waals surface area contributed by atoms with Gasteiger partial charge in [0.1, 0.15) is 0 Å². The standard InChI is InChI=1S/C25H20N2/c26-19-11-12-20-18(13-19)14-23-22(20)15-21(16-7-3-1-4-8-16)25(27)24(23)17-9-5-2-6-10-17/h1-13,15H,14,26-27H2. The summed E-state index contributed by atoms with van der Waals surface area (Å²) in [6.45, 7) is 0. The number of fused-ring (bicyclic) bond motifs is 3. The Morgan fingerprint density at radius 2 is 1.26 bits per heavy atom. The summed E-state index contributed by atoms with van der Waals surface area (Å²) in [4.78, 5) is 0. The van der Waals surface area contributed by atoms with Crippen molar-refractivity contribution < 1.29 is 0 Å². The molecule has 4 aromatic rings. The van der Waals surface area contributed by atoms with Crippen molar-refractivity contribution in [3.63, 3.8) is 0 Å². The van der Waals surface area contributed by atoms with Crippen LogP contribution in [0.15, 0.2) is 84.9 Å². The highest BCUT2D eigenvalue weighted by atomic mass is 14.6. The van der Waals surface area contributed by atoms with Crippen LogP contribution in [0.4, 0.5) is 11.4 Å². The van der Waals surface area contributed by atoms with Crippen LogP contribution in [-0.4, -0.2) is 0 Å². The first-order chi connectivity index (χ1) is 13.2. The van der Waals surface area contributed by atoms with Gasteiger partial charge in [0.15, 0.2) is 0 Å². The average molecular weight is 348 g/mol. The molecule has 0 saturated heterocycles. The van der Waals surface area contributed by atoms with Crippen LogP contribution in [-0.2, 0) is 6.42 Å². The van der Waals surface area contributed by atoms with Crippen LogP contribution in [0.2, 0.25) is 0 Å². The van der Waals surface area contributed by atoms with E-state index in [2.05, 4.69) is 66.7 Å². The number of benzene rings is 4. The van der Waals surface area contributed by atoms with Crippen molar-refractivity contribution in [3.05, 3.63) is 96.1 Å². The molecular formula is C25H20N2. The minimum Gasteiger partial charge on any atom is -0.399 e. The summed E-state index contributed by atoms with van der Waals surface area (Å²) < 4.78 is 0. The van der Waals surface area contributed by atoms with Gasteiger partial charge < -0.3 is 11.5 Å². The summed E-state index contributed by atoms with van der Waals surface area (Å²) in [7, 11) is 0. The first kappa shape index (κ1) is 15.7. The SMILES string of the molecule is Nc1ccc2c(c1)Cc1c-2cc(-c2ccccc2)c(N)c1-c1ccccc1. The smallest absolute Gasteiger partial charge is 0.0476 e. The maximum atomic E-state index is 6.76. The van der Waals surface area contributed by atoms with E-state index >= 15 is 0 Å². The second-order valence-electron chi connectivity index (χ2n) is 7.06. The van der Waals surface area contributed by atoms with Crippen LogP contribution in [0, 0.1) is 0 Å². The third-order valence-corrected chi connectivity index (χ3v) is 5.41. The van der Waals surface area contributed by atoms with Gasteiger partial charge in [0, 0.05) is 22.5 Å². The van der Waals surface area contributed by atoms with Gasteiger partial charge in [0.05, 0.1) is 0 Å². The summed E-state index contributed by atoms with van der Waals surface area (Å²) in [5, 5.41) is 0. The van der Waals surface area contributed by atoms with Crippen molar-refractivity contribution in [2.75, 3.05) is 11.5 Å². The lowest BCUT2D eigenvalue weighted by Gasteiger charge is -2.17. The van der Waals surface area contributed by atoms with E-state index in [1.165, 1.54) is 22.3 Å². The molecule has 0 saturated carbocycles. The number of nitrogens with two attached hydrogens (primary N) is 2. The molecule has 0 unspecified atom stereocenters. The fraction of sp³-hybridized carbons (Fsp3) is 0.0400. The lowest BCUT2D eigenvalue weighted by Crippen LogP contribution is -1.99. The maximum Gasteiger partial charge on any atom is 0.0476 e. The van der Waals surface area contributed by atoms with Crippen molar-refractivity contribution in [2.45, 2.75) is 6.42 Å². The zero-order chi connectivity index (χ0) is 18.4. The van der Waals surface area contributed by atoms with Gasteiger partial charge in [-0.2, -0.15) is 0 Å². The van der Waals surface area contributed by atoms with Crippen LogP contribution in [0.1, 0.15) is 11.1 Å². The number of hydrogen-bond donors (Lipinski definition) is 2. The van der Waals surface area contributed by atoms with Gasteiger partial charge in [-0.1, -0.05) is 66.7 Å². The quantitative estimate of drug-likeness (QED) is 0.399. The van der Waals surface area contributed by atoms with Crippen molar-refractivity contribution in [2.24, 2.45) is 0 Å². The summed E-state index contributed by atoms with van der Waals surface area (Å²) in [6.07, 6.45) is 0.860. The topological polar surface area (TPSA) is 52.0 Å². The Morgan fingerprint density at radius 3 is 1.96 bits per heavy atom. The van der Waals surface area contributed by atoms with E-state index in [9.17, 15) is 0 Å². The maximum absolute atomic E-state index is 6.76. The number of nitrogen functional groups attached to an aromatic ring is 2. The van der Waals surface area contributed by atoms with Crippen LogP contribution in [0.3, 0.4) is 0 Å². The zero-order valence-corrected chi connectivity index (χ0v) is 14.9. The van der Waals surface area contributed by atoms with Crippen molar-refractivity contribution in [1.82, 2.24) is 0 Å². The van der Waals surface area contributed by atoms with Crippen molar-refractivity contribution >= 4 is 11.4 Å². The van der Waals surface area contributed by atoms with Gasteiger partial charge in [0.2, 0.25) is 0 Å². The van der Waals surface area contributed by atoms with Crippen LogP contribution >= 0.6 is 0 Å². The average Bonchev–Trinajstić information content (AvgIpc) is 3.05. The molecule has 0 bridgehead atoms. The Kier molecular flexibility index (Phi) is 3.51. The van der Waals surface area contributed by atoms with Gasteiger partial charge in [-0.05, 0) is 58.0 Å². The predicted molar refractivity (Wildman–Crippen MR) is 114 cm³/mol. The van der Waals surface area contributed by atoms with Gasteiger partial charge in [-0.15, -0.1) is 0 Å². The van der Waals surface area contributed by atoms with Gasteiger partial charge >= 0.3 is 0 Å². The molecule has 0 radical (unpaired) electrons. The minimum atomic E-state index is 0.805. The number of rotatable bonds is 2. The van der Waals surface area contributed by atoms with E-state index in [1.807, 2.05) is 18.2 Å². The molecule has 5 rings (SSSR count). The first-order valence-corrected chi connectivity index (χ1v) is 9.17. The van der Waals surface area contributed by atoms with E-state index in [4.69, 9.17) is 11.5 Å². The minimum absolute atomic E-state index is 0.805. The number of hydrogen-bond acceptors (Lipinski definition) is 2. The normalized spacial score (nSPS) is 11.9. The Bertz CT molecular complexity index is 1150. The van der Waals surface area contributed by atoms with E-state index in [-0.39, 0.29) is 0 Å². The zero-order valence-electron chi connectivity index (χ0n) is 14.9. The van der Waals surface area contributed by atoms with Gasteiger partial charge in [-0.3, -0.25) is 0 Å². The third kappa shape index (κ3) is 2.49. The van der Waals surface area contributed by atoms with Crippen LogP contribution < -0.4 is 11.5 Å². The molecule has 0 atom stereocenters. The third-order valence-electron chi connectivity index (χ3n) is 5.41. The monoisotopic (exact) mass is 348 g/mol. The predicted octanol–water partition coefficient (Wildman–Crippen LogP) is 5.76. The molecule has 1 aliphatic carbocycles. The summed E-state index contributed by atoms with van der Waals surface area (Å²) in [5.41, 5.74) is 24.0. The highest BCUT2D eigenvalue weighted by molar-refractivity contribution is 5.98. The van der Waals surface area contributed by atoms with Crippen molar-refractivity contribution in [1.29, 1.82) is 0 Å². The van der Waals surface area contributed by atoms with Crippen LogP contribution in [0.5, 0.6) is 0 Å². The molecule has 2 nitrogen and oxygen atoms in total. The largest absolute Gasteiger partial charge is 0.399 e. The lowest BCUT2D eigenvalue weighted by atomic mass is 9.89. The van der Waals surface area contributed by atoms with Crippen molar-refractivity contribution in [3.8, 4) is 33.4 Å². The van der Waals surface area contributed by atoms with Crippen LogP contribution in [0.25, 0.3) is 33.4 Å². The molecule has 4 N–H and O–H groups in total. The molecule has 2 heteroatoms. The Morgan fingerprint density at radius 1 is 0.593 bits per heavy atom. The second kappa shape index (κ2) is 6.03. The highest BCUT2D eigenvalue weighted by Crippen LogP contribution is 2.48. The van der Waals surface area contributed by atoms with E-state index in [1.54, 1.807) is 0 Å². The molecule has 0 aliphatic heterocycles. The molecule has 27 heavy (non-hydrogen) atoms. The summed E-state index contributed by atoms with van der Waals surface area (Å²) in [6, 6.07) is 29.3. The molecule has 1 aliphatic rings. The van der Waals surface area contributed by atoms with E-state index < -0.39 is 0 Å². The molecule has 4 aromatic carbocycles. The van der Waals surface area contributed by atoms with Gasteiger partial charge in [0.25, 0.3) is 0 Å². The summed E-state index contributed by atoms with van der Waals surface area (Å²) >= 11 is 0. The molecule has 0 heterocycles. The molecule has 0 amide bonds.